The van der Waals surface area contributed by atoms with Crippen LogP contribution in [-0.4, -0.2) is 52.2 Å². The van der Waals surface area contributed by atoms with E-state index in [9.17, 15) is 24.9 Å². The molecule has 3 N–H and O–H groups in total. The van der Waals surface area contributed by atoms with Gasteiger partial charge >= 0.3 is 35.5 Å². The van der Waals surface area contributed by atoms with Gasteiger partial charge in [0, 0.05) is 24.9 Å². The molecule has 0 radical (unpaired) electrons. The summed E-state index contributed by atoms with van der Waals surface area (Å²) in [6.45, 7) is 3.81. The van der Waals surface area contributed by atoms with Gasteiger partial charge in [-0.3, -0.25) is 4.79 Å². The molecule has 0 fully saturated rings. The van der Waals surface area contributed by atoms with E-state index in [0.29, 0.717) is 19.3 Å². The van der Waals surface area contributed by atoms with Crippen molar-refractivity contribution in [2.45, 2.75) is 77.1 Å². The van der Waals surface area contributed by atoms with E-state index < -0.39 is 24.6 Å². The number of ether oxygens (including phenoxy) is 1. The summed E-state index contributed by atoms with van der Waals surface area (Å²) in [5.41, 5.74) is 1.16. The Bertz CT molecular complexity index is 648. The smallest absolute Gasteiger partial charge is 0.550 e. The third kappa shape index (κ3) is 8.63. The first-order valence-corrected chi connectivity index (χ1v) is 11.0. The Morgan fingerprint density at radius 2 is 1.97 bits per heavy atom. The zero-order valence-electron chi connectivity index (χ0n) is 18.9. The first-order valence-electron chi connectivity index (χ1n) is 11.0. The molecule has 0 bridgehead atoms. The number of fused-ring (bicyclic) bond motifs is 1. The van der Waals surface area contributed by atoms with Crippen LogP contribution in [0.1, 0.15) is 58.8 Å². The molecule has 8 heteroatoms. The number of allylic oxidation sites excluding steroid dienone is 3. The van der Waals surface area contributed by atoms with Gasteiger partial charge in [0.05, 0.1) is 18.1 Å². The molecule has 0 aromatic heterocycles. The first-order chi connectivity index (χ1) is 14.2. The van der Waals surface area contributed by atoms with E-state index in [4.69, 9.17) is 9.84 Å². The van der Waals surface area contributed by atoms with Gasteiger partial charge in [-0.15, -0.1) is 0 Å². The van der Waals surface area contributed by atoms with Crippen LogP contribution in [0.5, 0.6) is 0 Å². The van der Waals surface area contributed by atoms with Crippen molar-refractivity contribution in [1.82, 2.24) is 0 Å². The van der Waals surface area contributed by atoms with Gasteiger partial charge in [-0.25, -0.2) is 0 Å². The number of carboxylic acids is 1. The van der Waals surface area contributed by atoms with Crippen molar-refractivity contribution in [2.24, 2.45) is 23.7 Å². The van der Waals surface area contributed by atoms with Crippen LogP contribution >= 0.6 is 0 Å². The third-order valence-electron chi connectivity index (χ3n) is 6.36. The fraction of sp³-hybridized carbons (Fsp3) is 0.739. The molecule has 7 atom stereocenters. The Balaban J connectivity index is 0.00000480. The molecule has 2 aliphatic rings. The van der Waals surface area contributed by atoms with Crippen molar-refractivity contribution >= 4 is 11.9 Å². The van der Waals surface area contributed by atoms with Crippen molar-refractivity contribution in [2.75, 3.05) is 6.61 Å². The topological polar surface area (TPSA) is 127 Å². The monoisotopic (exact) mass is 446 g/mol. The van der Waals surface area contributed by atoms with Crippen molar-refractivity contribution in [1.29, 1.82) is 0 Å². The predicted molar refractivity (Wildman–Crippen MR) is 109 cm³/mol. The summed E-state index contributed by atoms with van der Waals surface area (Å²) in [7, 11) is 0. The predicted octanol–water partition coefficient (Wildman–Crippen LogP) is -1.89. The van der Waals surface area contributed by atoms with Gasteiger partial charge in [0.25, 0.3) is 0 Å². The van der Waals surface area contributed by atoms with Crippen molar-refractivity contribution in [3.8, 4) is 0 Å². The van der Waals surface area contributed by atoms with E-state index in [1.54, 1.807) is 6.92 Å². The van der Waals surface area contributed by atoms with Gasteiger partial charge in [-0.05, 0) is 55.9 Å². The van der Waals surface area contributed by atoms with Crippen LogP contribution in [0.2, 0.25) is 0 Å². The second-order valence-corrected chi connectivity index (χ2v) is 8.77. The zero-order valence-corrected chi connectivity index (χ0v) is 20.9. The number of aliphatic hydroxyl groups is 3. The number of hydrogen-bond acceptors (Lipinski definition) is 7. The van der Waals surface area contributed by atoms with Crippen LogP contribution in [-0.2, 0) is 14.3 Å². The maximum Gasteiger partial charge on any atom is 1.00 e. The third-order valence-corrected chi connectivity index (χ3v) is 6.36. The summed E-state index contributed by atoms with van der Waals surface area (Å²) in [6.07, 6.45) is 6.82. The minimum Gasteiger partial charge on any atom is -0.550 e. The van der Waals surface area contributed by atoms with Gasteiger partial charge < -0.3 is 30.0 Å². The molecule has 0 heterocycles. The van der Waals surface area contributed by atoms with E-state index >= 15 is 0 Å². The standard InChI is InChI=1S/C23H36O7.Na/c1-14-6-7-16-4-3-5-20(30-23(29)15(2)10-11-24)22(16)19(14)9-8-17(25)12-18(26)13-21(27)28;/h4,6-7,14-15,17-20,22,24-26H,3,5,8-13H2,1-2H3,(H,27,28);/q;+1/p-1/t14-,15-,17+,18+,19-,20-,22-;/m0./s1. The summed E-state index contributed by atoms with van der Waals surface area (Å²) in [5, 5.41) is 39.7. The number of carboxylic acid groups (broad SMARTS) is 1. The van der Waals surface area contributed by atoms with Gasteiger partial charge in [-0.1, -0.05) is 32.1 Å². The zero-order chi connectivity index (χ0) is 22.3. The molecule has 7 nitrogen and oxygen atoms in total. The molecule has 0 saturated heterocycles. The summed E-state index contributed by atoms with van der Waals surface area (Å²) in [6, 6.07) is 0. The Labute approximate surface area is 206 Å². The van der Waals surface area contributed by atoms with E-state index in [-0.39, 0.29) is 78.3 Å². The van der Waals surface area contributed by atoms with E-state index in [1.165, 1.54) is 0 Å². The summed E-state index contributed by atoms with van der Waals surface area (Å²) in [4.78, 5) is 23.0. The number of esters is 1. The molecule has 0 spiro atoms. The second-order valence-electron chi connectivity index (χ2n) is 8.77. The van der Waals surface area contributed by atoms with Gasteiger partial charge in [0.15, 0.2) is 0 Å². The minimum atomic E-state index is -1.34. The van der Waals surface area contributed by atoms with Crippen molar-refractivity contribution in [3.05, 3.63) is 23.8 Å². The second kappa shape index (κ2) is 13.8. The fourth-order valence-corrected chi connectivity index (χ4v) is 4.62. The molecule has 2 rings (SSSR count). The first kappa shape index (κ1) is 28.3. The van der Waals surface area contributed by atoms with Crippen LogP contribution in [0.3, 0.4) is 0 Å². The van der Waals surface area contributed by atoms with Crippen LogP contribution in [0, 0.1) is 23.7 Å². The number of carbonyl (C=O) groups excluding carboxylic acids is 2. The van der Waals surface area contributed by atoms with Gasteiger partial charge in [0.2, 0.25) is 0 Å². The normalized spacial score (nSPS) is 27.8. The molecule has 0 saturated carbocycles. The molecule has 0 aliphatic heterocycles. The Morgan fingerprint density at radius 3 is 2.61 bits per heavy atom. The van der Waals surface area contributed by atoms with Crippen LogP contribution in [0.25, 0.3) is 0 Å². The van der Waals surface area contributed by atoms with Crippen molar-refractivity contribution < 1.29 is 64.3 Å². The molecule has 170 valence electrons. The average molecular weight is 447 g/mol. The fourth-order valence-electron chi connectivity index (χ4n) is 4.62. The molecule has 0 amide bonds. The minimum absolute atomic E-state index is 0. The molecule has 0 aromatic rings. The molecular weight excluding hydrogens is 411 g/mol. The number of carbonyl (C=O) groups is 2. The van der Waals surface area contributed by atoms with Crippen LogP contribution in [0.15, 0.2) is 23.8 Å². The number of hydrogen-bond donors (Lipinski definition) is 3. The van der Waals surface area contributed by atoms with Gasteiger partial charge in [0.1, 0.15) is 6.10 Å². The molecule has 0 unspecified atom stereocenters. The van der Waals surface area contributed by atoms with Crippen LogP contribution < -0.4 is 34.7 Å². The van der Waals surface area contributed by atoms with Crippen LogP contribution in [0.4, 0.5) is 0 Å². The SMILES string of the molecule is C[C@@H](CCO)C(=O)O[C@H]1CCC=C2C=C[C@H](C)[C@H](CC[C@@H](O)C[C@@H](O)CC(=O)[O-])[C@H]21.[Na+]. The summed E-state index contributed by atoms with van der Waals surface area (Å²) < 4.78 is 5.87. The Morgan fingerprint density at radius 1 is 1.26 bits per heavy atom. The Kier molecular flexibility index (Phi) is 12.6. The molecule has 31 heavy (non-hydrogen) atoms. The quantitative estimate of drug-likeness (QED) is 0.250. The molecule has 0 aromatic carbocycles. The Hall–Kier alpha value is -0.700. The molecular formula is C23H35NaO7. The maximum atomic E-state index is 12.4. The summed E-state index contributed by atoms with van der Waals surface area (Å²) >= 11 is 0. The largest absolute Gasteiger partial charge is 1.00 e. The maximum absolute atomic E-state index is 12.4. The van der Waals surface area contributed by atoms with E-state index in [2.05, 4.69) is 25.2 Å². The summed E-state index contributed by atoms with van der Waals surface area (Å²) in [5.74, 6) is -1.53. The van der Waals surface area contributed by atoms with E-state index in [0.717, 1.165) is 18.4 Å². The van der Waals surface area contributed by atoms with Gasteiger partial charge in [-0.2, -0.15) is 0 Å². The number of rotatable bonds is 11. The number of aliphatic carboxylic acids is 1. The average Bonchev–Trinajstić information content (AvgIpc) is 2.66. The molecule has 2 aliphatic carbocycles. The number of aliphatic hydroxyl groups excluding tert-OH is 3. The van der Waals surface area contributed by atoms with Crippen molar-refractivity contribution in [3.63, 3.8) is 0 Å². The van der Waals surface area contributed by atoms with E-state index in [1.807, 2.05) is 0 Å².